The number of nitrogens with zero attached hydrogens (tertiary/aromatic N) is 2. The van der Waals surface area contributed by atoms with Crippen molar-refractivity contribution >= 4 is 16.8 Å². The molecule has 8 heteroatoms. The average Bonchev–Trinajstić information content (AvgIpc) is 3.36. The zero-order valence-electron chi connectivity index (χ0n) is 20.4. The molecule has 0 saturated carbocycles. The summed E-state index contributed by atoms with van der Waals surface area (Å²) in [7, 11) is 2.00. The zero-order valence-corrected chi connectivity index (χ0v) is 20.4. The van der Waals surface area contributed by atoms with Crippen LogP contribution in [-0.4, -0.2) is 46.9 Å². The first kappa shape index (κ1) is 25.0. The molecule has 0 atom stereocenters. The monoisotopic (exact) mass is 509 g/mol. The molecular weight excluding hydrogens is 482 g/mol. The molecule has 0 aliphatic carbocycles. The van der Waals surface area contributed by atoms with E-state index in [0.717, 1.165) is 47.3 Å². The number of fused-ring (bicyclic) bond motifs is 1. The van der Waals surface area contributed by atoms with Crippen LogP contribution in [0.3, 0.4) is 0 Å². The average molecular weight is 510 g/mol. The lowest BCUT2D eigenvalue weighted by atomic mass is 9.98. The van der Waals surface area contributed by atoms with Gasteiger partial charge in [0.2, 0.25) is 0 Å². The molecule has 4 nitrogen and oxygen atoms in total. The van der Waals surface area contributed by atoms with Crippen molar-refractivity contribution in [3.05, 3.63) is 95.4 Å². The van der Waals surface area contributed by atoms with E-state index in [0.29, 0.717) is 18.4 Å². The minimum absolute atomic E-state index is 0.0281. The quantitative estimate of drug-likeness (QED) is 0.303. The van der Waals surface area contributed by atoms with Crippen molar-refractivity contribution in [2.75, 3.05) is 20.1 Å². The number of hydrogen-bond donors (Lipinski definition) is 1. The number of benzene rings is 3. The van der Waals surface area contributed by atoms with Gasteiger partial charge < -0.3 is 14.8 Å². The summed E-state index contributed by atoms with van der Waals surface area (Å²) in [6.45, 7) is 1.58. The fourth-order valence-electron chi connectivity index (χ4n) is 4.93. The van der Waals surface area contributed by atoms with Crippen LogP contribution in [-0.2, 0) is 12.7 Å². The van der Waals surface area contributed by atoms with Gasteiger partial charge >= 0.3 is 6.18 Å². The van der Waals surface area contributed by atoms with Crippen LogP contribution in [0.5, 0.6) is 0 Å². The van der Waals surface area contributed by atoms with Gasteiger partial charge in [0, 0.05) is 35.4 Å². The van der Waals surface area contributed by atoms with Gasteiger partial charge in [0.05, 0.1) is 5.56 Å². The first-order valence-corrected chi connectivity index (χ1v) is 12.2. The lowest BCUT2D eigenvalue weighted by molar-refractivity contribution is -0.137. The van der Waals surface area contributed by atoms with Crippen molar-refractivity contribution in [1.29, 1.82) is 0 Å². The predicted octanol–water partition coefficient (Wildman–Crippen LogP) is 6.73. The SMILES string of the molecule is CN1CCC(N(Cc2cc(-c3ccc4[nH]ccc4c3)ccc2F)C(=O)c2ccc(C(F)(F)F)cc2)CC1. The Balaban J connectivity index is 1.46. The molecule has 4 aromatic rings. The summed E-state index contributed by atoms with van der Waals surface area (Å²) < 4.78 is 54.2. The number of amides is 1. The van der Waals surface area contributed by atoms with Crippen LogP contribution < -0.4 is 0 Å². The molecule has 1 saturated heterocycles. The molecule has 192 valence electrons. The molecule has 1 amide bonds. The van der Waals surface area contributed by atoms with Gasteiger partial charge in [-0.2, -0.15) is 13.2 Å². The van der Waals surface area contributed by atoms with Crippen LogP contribution in [0.25, 0.3) is 22.0 Å². The molecule has 1 aliphatic rings. The molecule has 1 aromatic heterocycles. The number of nitrogens with one attached hydrogen (secondary N) is 1. The maximum atomic E-state index is 15.1. The number of rotatable bonds is 5. The summed E-state index contributed by atoms with van der Waals surface area (Å²) in [5.41, 5.74) is 2.46. The Morgan fingerprint density at radius 3 is 2.35 bits per heavy atom. The fraction of sp³-hybridized carbons (Fsp3) is 0.276. The largest absolute Gasteiger partial charge is 0.416 e. The van der Waals surface area contributed by atoms with Crippen molar-refractivity contribution in [2.24, 2.45) is 0 Å². The van der Waals surface area contributed by atoms with Crippen molar-refractivity contribution in [3.8, 4) is 11.1 Å². The number of H-pyrrole nitrogens is 1. The van der Waals surface area contributed by atoms with E-state index in [1.807, 2.05) is 37.5 Å². The highest BCUT2D eigenvalue weighted by Crippen LogP contribution is 2.31. The number of likely N-dealkylation sites (tertiary alicyclic amines) is 1. The first-order chi connectivity index (χ1) is 17.7. The number of halogens is 4. The molecule has 0 radical (unpaired) electrons. The highest BCUT2D eigenvalue weighted by Gasteiger charge is 2.32. The second-order valence-corrected chi connectivity index (χ2v) is 9.63. The third kappa shape index (κ3) is 5.39. The third-order valence-corrected chi connectivity index (χ3v) is 7.12. The van der Waals surface area contributed by atoms with E-state index in [9.17, 15) is 18.0 Å². The normalized spacial score (nSPS) is 15.3. The minimum Gasteiger partial charge on any atom is -0.361 e. The van der Waals surface area contributed by atoms with Crippen LogP contribution in [0.15, 0.2) is 72.9 Å². The third-order valence-electron chi connectivity index (χ3n) is 7.12. The van der Waals surface area contributed by atoms with Crippen molar-refractivity contribution < 1.29 is 22.4 Å². The number of alkyl halides is 3. The zero-order chi connectivity index (χ0) is 26.2. The van der Waals surface area contributed by atoms with E-state index in [1.54, 1.807) is 17.0 Å². The Morgan fingerprint density at radius 2 is 1.65 bits per heavy atom. The lowest BCUT2D eigenvalue weighted by Crippen LogP contribution is -2.46. The van der Waals surface area contributed by atoms with Gasteiger partial charge in [-0.1, -0.05) is 12.1 Å². The summed E-state index contributed by atoms with van der Waals surface area (Å²) in [4.78, 5) is 20.5. The Labute approximate surface area is 212 Å². The van der Waals surface area contributed by atoms with Gasteiger partial charge in [-0.15, -0.1) is 0 Å². The first-order valence-electron chi connectivity index (χ1n) is 12.2. The van der Waals surface area contributed by atoms with E-state index < -0.39 is 23.5 Å². The maximum absolute atomic E-state index is 15.1. The molecule has 0 unspecified atom stereocenters. The summed E-state index contributed by atoms with van der Waals surface area (Å²) >= 11 is 0. The number of aromatic amines is 1. The van der Waals surface area contributed by atoms with E-state index in [1.165, 1.54) is 18.2 Å². The van der Waals surface area contributed by atoms with Crippen molar-refractivity contribution in [1.82, 2.24) is 14.8 Å². The minimum atomic E-state index is -4.48. The van der Waals surface area contributed by atoms with Crippen LogP contribution in [0.2, 0.25) is 0 Å². The second kappa shape index (κ2) is 10.0. The number of carbonyl (C=O) groups is 1. The fourth-order valence-corrected chi connectivity index (χ4v) is 4.93. The van der Waals surface area contributed by atoms with Gasteiger partial charge in [0.15, 0.2) is 0 Å². The molecule has 1 fully saturated rings. The van der Waals surface area contributed by atoms with E-state index in [2.05, 4.69) is 9.88 Å². The highest BCUT2D eigenvalue weighted by atomic mass is 19.4. The topological polar surface area (TPSA) is 39.3 Å². The van der Waals surface area contributed by atoms with Gasteiger partial charge in [0.1, 0.15) is 5.82 Å². The molecule has 5 rings (SSSR count). The summed E-state index contributed by atoms with van der Waals surface area (Å²) in [6.07, 6.45) is -1.22. The van der Waals surface area contributed by atoms with Gasteiger partial charge in [-0.3, -0.25) is 4.79 Å². The number of piperidine rings is 1. The van der Waals surface area contributed by atoms with Crippen LogP contribution in [0.4, 0.5) is 17.6 Å². The van der Waals surface area contributed by atoms with E-state index in [-0.39, 0.29) is 18.2 Å². The predicted molar refractivity (Wildman–Crippen MR) is 136 cm³/mol. The van der Waals surface area contributed by atoms with Crippen LogP contribution in [0, 0.1) is 5.82 Å². The standard InChI is InChI=1S/C29H27F4N3O/c1-35-14-11-25(12-15-35)36(28(37)19-2-6-24(7-3-19)29(31,32)33)18-23-17-20(4-8-26(23)30)21-5-9-27-22(16-21)10-13-34-27/h2-10,13,16-17,25,34H,11-12,14-15,18H2,1H3. The summed E-state index contributed by atoms with van der Waals surface area (Å²) in [5, 5.41) is 1.04. The summed E-state index contributed by atoms with van der Waals surface area (Å²) in [6, 6.07) is 16.9. The molecule has 0 spiro atoms. The van der Waals surface area contributed by atoms with Crippen molar-refractivity contribution in [2.45, 2.75) is 31.6 Å². The molecule has 1 aliphatic heterocycles. The van der Waals surface area contributed by atoms with Crippen LogP contribution in [0.1, 0.15) is 34.3 Å². The molecule has 2 heterocycles. The molecule has 1 N–H and O–H groups in total. The number of aromatic nitrogens is 1. The molecule has 3 aromatic carbocycles. The maximum Gasteiger partial charge on any atom is 0.416 e. The molecule has 37 heavy (non-hydrogen) atoms. The summed E-state index contributed by atoms with van der Waals surface area (Å²) in [5.74, 6) is -0.827. The Bertz CT molecular complexity index is 1400. The lowest BCUT2D eigenvalue weighted by Gasteiger charge is -2.37. The molecule has 0 bridgehead atoms. The van der Waals surface area contributed by atoms with Crippen molar-refractivity contribution in [3.63, 3.8) is 0 Å². The molecular formula is C29H27F4N3O. The highest BCUT2D eigenvalue weighted by molar-refractivity contribution is 5.94. The number of carbonyl (C=O) groups excluding carboxylic acids is 1. The van der Waals surface area contributed by atoms with Crippen LogP contribution >= 0.6 is 0 Å². The Hall–Kier alpha value is -3.65. The second-order valence-electron chi connectivity index (χ2n) is 9.63. The smallest absolute Gasteiger partial charge is 0.361 e. The van der Waals surface area contributed by atoms with Gasteiger partial charge in [-0.05, 0) is 104 Å². The van der Waals surface area contributed by atoms with Gasteiger partial charge in [-0.25, -0.2) is 4.39 Å². The Kier molecular flexibility index (Phi) is 6.77. The number of hydrogen-bond acceptors (Lipinski definition) is 2. The Morgan fingerprint density at radius 1 is 0.973 bits per heavy atom. The van der Waals surface area contributed by atoms with E-state index >= 15 is 4.39 Å². The van der Waals surface area contributed by atoms with E-state index in [4.69, 9.17) is 0 Å². The van der Waals surface area contributed by atoms with Gasteiger partial charge in [0.25, 0.3) is 5.91 Å².